The second-order valence-corrected chi connectivity index (χ2v) is 4.39. The number of nitrogens with zero attached hydrogens (tertiary/aromatic N) is 4. The Morgan fingerprint density at radius 1 is 1.39 bits per heavy atom. The maximum atomic E-state index is 12.4. The standard InChI is InChI=1S/C13H14N4O/c1-10-12-3-2-6-16(12)7-8-17(10)13(18)11-9-14-4-5-15-11/h2-6,9-10H,7-8H2,1H3. The first kappa shape index (κ1) is 11.0. The van der Waals surface area contributed by atoms with Gasteiger partial charge in [0, 0.05) is 37.4 Å². The number of hydrogen-bond acceptors (Lipinski definition) is 3. The lowest BCUT2D eigenvalue weighted by molar-refractivity contribution is 0.0637. The van der Waals surface area contributed by atoms with Gasteiger partial charge in [-0.05, 0) is 19.1 Å². The van der Waals surface area contributed by atoms with E-state index in [2.05, 4.69) is 26.8 Å². The Morgan fingerprint density at radius 2 is 2.28 bits per heavy atom. The molecule has 0 spiro atoms. The summed E-state index contributed by atoms with van der Waals surface area (Å²) >= 11 is 0. The van der Waals surface area contributed by atoms with Crippen molar-refractivity contribution in [3.63, 3.8) is 0 Å². The normalized spacial score (nSPS) is 18.5. The highest BCUT2D eigenvalue weighted by Gasteiger charge is 2.28. The van der Waals surface area contributed by atoms with Crippen molar-refractivity contribution in [1.29, 1.82) is 0 Å². The SMILES string of the molecule is CC1c2cccn2CCN1C(=O)c1cnccn1. The molecule has 5 nitrogen and oxygen atoms in total. The van der Waals surface area contributed by atoms with E-state index in [-0.39, 0.29) is 11.9 Å². The lowest BCUT2D eigenvalue weighted by Gasteiger charge is -2.34. The Balaban J connectivity index is 1.89. The Labute approximate surface area is 105 Å². The molecule has 0 N–H and O–H groups in total. The summed E-state index contributed by atoms with van der Waals surface area (Å²) in [6.45, 7) is 3.58. The topological polar surface area (TPSA) is 51.0 Å². The van der Waals surface area contributed by atoms with Crippen molar-refractivity contribution >= 4 is 5.91 Å². The number of aromatic nitrogens is 3. The van der Waals surface area contributed by atoms with Gasteiger partial charge in [0.2, 0.25) is 0 Å². The summed E-state index contributed by atoms with van der Waals surface area (Å²) in [5.74, 6) is -0.0527. The molecular formula is C13H14N4O. The number of amides is 1. The van der Waals surface area contributed by atoms with Crippen LogP contribution in [0.15, 0.2) is 36.9 Å². The van der Waals surface area contributed by atoms with E-state index in [1.165, 1.54) is 11.9 Å². The molecule has 92 valence electrons. The second-order valence-electron chi connectivity index (χ2n) is 4.39. The summed E-state index contributed by atoms with van der Waals surface area (Å²) in [5.41, 5.74) is 1.57. The lowest BCUT2D eigenvalue weighted by Crippen LogP contribution is -2.41. The zero-order valence-corrected chi connectivity index (χ0v) is 10.2. The van der Waals surface area contributed by atoms with E-state index in [9.17, 15) is 4.79 Å². The molecule has 0 saturated carbocycles. The molecule has 18 heavy (non-hydrogen) atoms. The average molecular weight is 242 g/mol. The van der Waals surface area contributed by atoms with E-state index in [0.29, 0.717) is 12.2 Å². The van der Waals surface area contributed by atoms with Crippen LogP contribution in [0.4, 0.5) is 0 Å². The summed E-state index contributed by atoms with van der Waals surface area (Å²) in [5, 5.41) is 0. The lowest BCUT2D eigenvalue weighted by atomic mass is 10.1. The molecular weight excluding hydrogens is 228 g/mol. The van der Waals surface area contributed by atoms with Crippen molar-refractivity contribution in [2.45, 2.75) is 19.5 Å². The molecule has 0 fully saturated rings. The predicted molar refractivity (Wildman–Crippen MR) is 65.9 cm³/mol. The summed E-state index contributed by atoms with van der Waals surface area (Å²) in [6, 6.07) is 4.14. The van der Waals surface area contributed by atoms with Crippen molar-refractivity contribution in [2.75, 3.05) is 6.54 Å². The fourth-order valence-corrected chi connectivity index (χ4v) is 2.41. The minimum absolute atomic E-state index is 0.0527. The Morgan fingerprint density at radius 3 is 3.06 bits per heavy atom. The van der Waals surface area contributed by atoms with Crippen molar-refractivity contribution in [1.82, 2.24) is 19.4 Å². The van der Waals surface area contributed by atoms with Gasteiger partial charge in [0.15, 0.2) is 0 Å². The quantitative estimate of drug-likeness (QED) is 0.761. The first-order valence-corrected chi connectivity index (χ1v) is 5.99. The van der Waals surface area contributed by atoms with Crippen LogP contribution in [0.3, 0.4) is 0 Å². The van der Waals surface area contributed by atoms with E-state index < -0.39 is 0 Å². The van der Waals surface area contributed by atoms with Crippen molar-refractivity contribution in [2.24, 2.45) is 0 Å². The first-order valence-electron chi connectivity index (χ1n) is 5.99. The number of carbonyl (C=O) groups excluding carboxylic acids is 1. The molecule has 0 radical (unpaired) electrons. The van der Waals surface area contributed by atoms with Crippen LogP contribution in [0.25, 0.3) is 0 Å². The third-order valence-corrected chi connectivity index (χ3v) is 3.39. The summed E-state index contributed by atoms with van der Waals surface area (Å²) < 4.78 is 2.19. The van der Waals surface area contributed by atoms with Crippen LogP contribution in [0.5, 0.6) is 0 Å². The highest BCUT2D eigenvalue weighted by atomic mass is 16.2. The Hall–Kier alpha value is -2.17. The zero-order chi connectivity index (χ0) is 12.5. The predicted octanol–water partition coefficient (Wildman–Crippen LogP) is 1.50. The van der Waals surface area contributed by atoms with Gasteiger partial charge in [-0.25, -0.2) is 4.98 Å². The molecule has 1 aliphatic rings. The molecule has 1 unspecified atom stereocenters. The summed E-state index contributed by atoms with van der Waals surface area (Å²) in [6.07, 6.45) is 6.69. The van der Waals surface area contributed by atoms with Crippen LogP contribution >= 0.6 is 0 Å². The molecule has 3 rings (SSSR count). The number of carbonyl (C=O) groups is 1. The third-order valence-electron chi connectivity index (χ3n) is 3.39. The molecule has 0 aliphatic carbocycles. The van der Waals surface area contributed by atoms with Crippen molar-refractivity contribution in [3.8, 4) is 0 Å². The summed E-state index contributed by atoms with van der Waals surface area (Å²) in [4.78, 5) is 22.2. The van der Waals surface area contributed by atoms with Gasteiger partial charge in [-0.15, -0.1) is 0 Å². The maximum Gasteiger partial charge on any atom is 0.274 e. The van der Waals surface area contributed by atoms with Gasteiger partial charge in [-0.2, -0.15) is 0 Å². The first-order chi connectivity index (χ1) is 8.77. The van der Waals surface area contributed by atoms with E-state index in [4.69, 9.17) is 0 Å². The van der Waals surface area contributed by atoms with Crippen LogP contribution in [0, 0.1) is 0 Å². The third kappa shape index (κ3) is 1.68. The van der Waals surface area contributed by atoms with Crippen molar-refractivity contribution in [3.05, 3.63) is 48.3 Å². The number of hydrogen-bond donors (Lipinski definition) is 0. The largest absolute Gasteiger partial charge is 0.348 e. The number of fused-ring (bicyclic) bond motifs is 1. The van der Waals surface area contributed by atoms with E-state index in [1.807, 2.05) is 17.9 Å². The van der Waals surface area contributed by atoms with Gasteiger partial charge in [-0.1, -0.05) is 0 Å². The zero-order valence-electron chi connectivity index (χ0n) is 10.2. The van der Waals surface area contributed by atoms with E-state index >= 15 is 0 Å². The minimum Gasteiger partial charge on any atom is -0.348 e. The molecule has 5 heteroatoms. The van der Waals surface area contributed by atoms with Crippen LogP contribution in [-0.2, 0) is 6.54 Å². The van der Waals surface area contributed by atoms with Gasteiger partial charge >= 0.3 is 0 Å². The van der Waals surface area contributed by atoms with Gasteiger partial charge in [0.1, 0.15) is 5.69 Å². The van der Waals surface area contributed by atoms with E-state index in [1.54, 1.807) is 12.4 Å². The fraction of sp³-hybridized carbons (Fsp3) is 0.308. The van der Waals surface area contributed by atoms with Gasteiger partial charge in [0.05, 0.1) is 12.2 Å². The fourth-order valence-electron chi connectivity index (χ4n) is 2.41. The highest BCUT2D eigenvalue weighted by Crippen LogP contribution is 2.26. The van der Waals surface area contributed by atoms with Crippen molar-refractivity contribution < 1.29 is 4.79 Å². The maximum absolute atomic E-state index is 12.4. The highest BCUT2D eigenvalue weighted by molar-refractivity contribution is 5.92. The molecule has 0 bridgehead atoms. The minimum atomic E-state index is -0.0527. The second kappa shape index (κ2) is 4.25. The molecule has 1 atom stereocenters. The smallest absolute Gasteiger partial charge is 0.274 e. The van der Waals surface area contributed by atoms with Crippen LogP contribution in [-0.4, -0.2) is 31.9 Å². The van der Waals surface area contributed by atoms with Crippen LogP contribution in [0.1, 0.15) is 29.1 Å². The molecule has 1 aliphatic heterocycles. The van der Waals surface area contributed by atoms with Gasteiger partial charge < -0.3 is 9.47 Å². The van der Waals surface area contributed by atoms with Crippen LogP contribution < -0.4 is 0 Å². The molecule has 3 heterocycles. The molecule has 1 amide bonds. The monoisotopic (exact) mass is 242 g/mol. The van der Waals surface area contributed by atoms with Gasteiger partial charge in [0.25, 0.3) is 5.91 Å². The molecule has 2 aromatic heterocycles. The Bertz CT molecular complexity index is 563. The average Bonchev–Trinajstić information content (AvgIpc) is 2.89. The Kier molecular flexibility index (Phi) is 2.59. The molecule has 0 aromatic carbocycles. The number of rotatable bonds is 1. The molecule has 0 saturated heterocycles. The molecule has 2 aromatic rings. The van der Waals surface area contributed by atoms with Gasteiger partial charge in [-0.3, -0.25) is 9.78 Å². The van der Waals surface area contributed by atoms with Crippen LogP contribution in [0.2, 0.25) is 0 Å². The summed E-state index contributed by atoms with van der Waals surface area (Å²) in [7, 11) is 0. The van der Waals surface area contributed by atoms with E-state index in [0.717, 1.165) is 6.54 Å².